The highest BCUT2D eigenvalue weighted by molar-refractivity contribution is 5.78. The largest absolute Gasteiger partial charge is 0.456 e. The molecule has 0 radical (unpaired) electrons. The van der Waals surface area contributed by atoms with Crippen LogP contribution in [0.5, 0.6) is 0 Å². The van der Waals surface area contributed by atoms with Crippen LogP contribution in [0.15, 0.2) is 28.7 Å². The number of furan rings is 1. The van der Waals surface area contributed by atoms with Gasteiger partial charge in [0, 0.05) is 12.0 Å². The fourth-order valence-electron chi connectivity index (χ4n) is 2.92. The minimum Gasteiger partial charge on any atom is -0.456 e. The Bertz CT molecular complexity index is 606. The Kier molecular flexibility index (Phi) is 4.27. The van der Waals surface area contributed by atoms with Gasteiger partial charge in [-0.3, -0.25) is 0 Å². The smallest absolute Gasteiger partial charge is 0.169 e. The SMILES string of the molecule is CCNC(c1cc2cccc(F)c2o1)C(OCC)C1CC1. The van der Waals surface area contributed by atoms with E-state index >= 15 is 0 Å². The minimum absolute atomic E-state index is 0.0192. The summed E-state index contributed by atoms with van der Waals surface area (Å²) in [5.74, 6) is 1.03. The molecule has 2 aromatic rings. The fraction of sp³-hybridized carbons (Fsp3) is 0.529. The van der Waals surface area contributed by atoms with E-state index in [2.05, 4.69) is 12.2 Å². The van der Waals surface area contributed by atoms with Crippen molar-refractivity contribution < 1.29 is 13.5 Å². The van der Waals surface area contributed by atoms with E-state index in [1.807, 2.05) is 19.1 Å². The third-order valence-corrected chi connectivity index (χ3v) is 4.02. The number of likely N-dealkylation sites (N-methyl/N-ethyl adjacent to an activating group) is 1. The van der Waals surface area contributed by atoms with Crippen molar-refractivity contribution in [1.82, 2.24) is 5.32 Å². The lowest BCUT2D eigenvalue weighted by molar-refractivity contribution is 0.0139. The van der Waals surface area contributed by atoms with Gasteiger partial charge in [0.2, 0.25) is 0 Å². The molecule has 0 bridgehead atoms. The predicted octanol–water partition coefficient (Wildman–Crippen LogP) is 4.04. The standard InChI is InChI=1S/C17H22FNO2/c1-3-19-15(17(20-4-2)11-8-9-11)14-10-12-6-5-7-13(18)16(12)21-14/h5-7,10-11,15,17,19H,3-4,8-9H2,1-2H3. The van der Waals surface area contributed by atoms with Gasteiger partial charge in [-0.25, -0.2) is 4.39 Å². The summed E-state index contributed by atoms with van der Waals surface area (Å²) in [6.45, 7) is 5.57. The molecule has 0 spiro atoms. The van der Waals surface area contributed by atoms with Gasteiger partial charge in [-0.05, 0) is 44.4 Å². The quantitative estimate of drug-likeness (QED) is 0.836. The van der Waals surface area contributed by atoms with Crippen LogP contribution >= 0.6 is 0 Å². The molecule has 1 aliphatic carbocycles. The molecule has 1 N–H and O–H groups in total. The van der Waals surface area contributed by atoms with Gasteiger partial charge < -0.3 is 14.5 Å². The number of fused-ring (bicyclic) bond motifs is 1. The van der Waals surface area contributed by atoms with E-state index in [4.69, 9.17) is 9.15 Å². The molecule has 1 aliphatic rings. The Labute approximate surface area is 124 Å². The maximum absolute atomic E-state index is 13.8. The van der Waals surface area contributed by atoms with Gasteiger partial charge in [-0.1, -0.05) is 19.1 Å². The molecule has 1 saturated carbocycles. The third-order valence-electron chi connectivity index (χ3n) is 4.02. The first kappa shape index (κ1) is 14.5. The first-order valence-electron chi connectivity index (χ1n) is 7.77. The topological polar surface area (TPSA) is 34.4 Å². The van der Waals surface area contributed by atoms with Crippen LogP contribution in [0.25, 0.3) is 11.0 Å². The van der Waals surface area contributed by atoms with E-state index in [9.17, 15) is 4.39 Å². The lowest BCUT2D eigenvalue weighted by Gasteiger charge is -2.26. The van der Waals surface area contributed by atoms with Crippen molar-refractivity contribution in [3.05, 3.63) is 35.8 Å². The number of para-hydroxylation sites is 1. The average Bonchev–Trinajstić information content (AvgIpc) is 3.22. The molecular weight excluding hydrogens is 269 g/mol. The van der Waals surface area contributed by atoms with Gasteiger partial charge in [0.15, 0.2) is 11.4 Å². The number of hydrogen-bond acceptors (Lipinski definition) is 3. The second-order valence-electron chi connectivity index (χ2n) is 5.60. The first-order valence-corrected chi connectivity index (χ1v) is 7.77. The molecule has 21 heavy (non-hydrogen) atoms. The molecule has 0 aliphatic heterocycles. The van der Waals surface area contributed by atoms with Crippen molar-refractivity contribution in [2.75, 3.05) is 13.2 Å². The Hall–Kier alpha value is -1.39. The molecule has 114 valence electrons. The van der Waals surface area contributed by atoms with Gasteiger partial charge >= 0.3 is 0 Å². The normalized spacial score (nSPS) is 18.0. The van der Waals surface area contributed by atoms with E-state index in [0.29, 0.717) is 18.1 Å². The lowest BCUT2D eigenvalue weighted by Crippen LogP contribution is -2.35. The van der Waals surface area contributed by atoms with E-state index in [1.54, 1.807) is 6.07 Å². The summed E-state index contributed by atoms with van der Waals surface area (Å²) in [4.78, 5) is 0. The van der Waals surface area contributed by atoms with Gasteiger partial charge in [-0.2, -0.15) is 0 Å². The maximum Gasteiger partial charge on any atom is 0.169 e. The van der Waals surface area contributed by atoms with Crippen LogP contribution in [-0.2, 0) is 4.74 Å². The summed E-state index contributed by atoms with van der Waals surface area (Å²) in [6.07, 6.45) is 2.49. The summed E-state index contributed by atoms with van der Waals surface area (Å²) in [5.41, 5.74) is 0.335. The summed E-state index contributed by atoms with van der Waals surface area (Å²) in [5, 5.41) is 4.25. The molecule has 0 amide bonds. The number of halogens is 1. The summed E-state index contributed by atoms with van der Waals surface area (Å²) in [7, 11) is 0. The van der Waals surface area contributed by atoms with E-state index in [1.165, 1.54) is 18.9 Å². The molecule has 3 nitrogen and oxygen atoms in total. The monoisotopic (exact) mass is 291 g/mol. The molecule has 1 heterocycles. The molecular formula is C17H22FNO2. The van der Waals surface area contributed by atoms with Crippen molar-refractivity contribution >= 4 is 11.0 Å². The fourth-order valence-corrected chi connectivity index (χ4v) is 2.92. The van der Waals surface area contributed by atoms with Crippen molar-refractivity contribution in [3.63, 3.8) is 0 Å². The molecule has 3 rings (SSSR count). The van der Waals surface area contributed by atoms with Crippen molar-refractivity contribution in [2.24, 2.45) is 5.92 Å². The molecule has 2 atom stereocenters. The summed E-state index contributed by atoms with van der Waals surface area (Å²) < 4.78 is 25.6. The van der Waals surface area contributed by atoms with Gasteiger partial charge in [0.1, 0.15) is 5.76 Å². The van der Waals surface area contributed by atoms with Crippen LogP contribution < -0.4 is 5.32 Å². The van der Waals surface area contributed by atoms with Crippen LogP contribution in [0.1, 0.15) is 38.5 Å². The highest BCUT2D eigenvalue weighted by Gasteiger charge is 2.39. The highest BCUT2D eigenvalue weighted by atomic mass is 19.1. The Morgan fingerprint density at radius 2 is 2.19 bits per heavy atom. The predicted molar refractivity (Wildman–Crippen MR) is 80.7 cm³/mol. The summed E-state index contributed by atoms with van der Waals surface area (Å²) >= 11 is 0. The maximum atomic E-state index is 13.8. The van der Waals surface area contributed by atoms with Gasteiger partial charge in [-0.15, -0.1) is 0 Å². The van der Waals surface area contributed by atoms with Crippen molar-refractivity contribution in [3.8, 4) is 0 Å². The Morgan fingerprint density at radius 3 is 2.81 bits per heavy atom. The first-order chi connectivity index (χ1) is 10.2. The van der Waals surface area contributed by atoms with E-state index < -0.39 is 0 Å². The molecule has 1 aromatic heterocycles. The van der Waals surface area contributed by atoms with Gasteiger partial charge in [0.05, 0.1) is 12.1 Å². The number of ether oxygens (including phenoxy) is 1. The molecule has 1 aromatic carbocycles. The van der Waals surface area contributed by atoms with E-state index in [0.717, 1.165) is 17.7 Å². The van der Waals surface area contributed by atoms with E-state index in [-0.39, 0.29) is 18.0 Å². The number of rotatable bonds is 7. The van der Waals surface area contributed by atoms with Crippen molar-refractivity contribution in [2.45, 2.75) is 38.8 Å². The van der Waals surface area contributed by atoms with Crippen LogP contribution in [-0.4, -0.2) is 19.3 Å². The second-order valence-corrected chi connectivity index (χ2v) is 5.60. The number of hydrogen-bond donors (Lipinski definition) is 1. The van der Waals surface area contributed by atoms with Crippen LogP contribution in [0.2, 0.25) is 0 Å². The van der Waals surface area contributed by atoms with Crippen molar-refractivity contribution in [1.29, 1.82) is 0 Å². The Balaban J connectivity index is 1.95. The average molecular weight is 291 g/mol. The highest BCUT2D eigenvalue weighted by Crippen LogP contribution is 2.41. The zero-order valence-electron chi connectivity index (χ0n) is 12.6. The third kappa shape index (κ3) is 2.97. The second kappa shape index (κ2) is 6.16. The molecule has 0 saturated heterocycles. The zero-order valence-corrected chi connectivity index (χ0v) is 12.6. The van der Waals surface area contributed by atoms with Crippen LogP contribution in [0.3, 0.4) is 0 Å². The molecule has 2 unspecified atom stereocenters. The van der Waals surface area contributed by atoms with Crippen LogP contribution in [0, 0.1) is 11.7 Å². The molecule has 1 fully saturated rings. The minimum atomic E-state index is -0.312. The molecule has 4 heteroatoms. The summed E-state index contributed by atoms with van der Waals surface area (Å²) in [6, 6.07) is 6.93. The van der Waals surface area contributed by atoms with Crippen LogP contribution in [0.4, 0.5) is 4.39 Å². The number of nitrogens with one attached hydrogen (secondary N) is 1. The lowest BCUT2D eigenvalue weighted by atomic mass is 10.0. The Morgan fingerprint density at radius 1 is 1.38 bits per heavy atom. The number of benzene rings is 1. The van der Waals surface area contributed by atoms with Gasteiger partial charge in [0.25, 0.3) is 0 Å². The zero-order chi connectivity index (χ0) is 14.8.